The van der Waals surface area contributed by atoms with Gasteiger partial charge in [-0.1, -0.05) is 19.4 Å². The Bertz CT molecular complexity index is 59.6. The largest absolute Gasteiger partial charge is 0.316 e. The first-order valence-electron chi connectivity index (χ1n) is 3.73. The molecule has 0 aliphatic rings. The van der Waals surface area contributed by atoms with Crippen LogP contribution in [0.4, 0.5) is 0 Å². The standard InChI is InChI=1S/C8H17N/c1-3-5-7-9-8-6-4-2/h3,9H,1,4-8H2,2H3. The Hall–Kier alpha value is -0.300. The Morgan fingerprint density at radius 3 is 2.78 bits per heavy atom. The van der Waals surface area contributed by atoms with Crippen molar-refractivity contribution in [1.29, 1.82) is 0 Å². The van der Waals surface area contributed by atoms with Crippen LogP contribution >= 0.6 is 0 Å². The third kappa shape index (κ3) is 7.70. The highest BCUT2D eigenvalue weighted by atomic mass is 14.8. The van der Waals surface area contributed by atoms with Crippen molar-refractivity contribution in [2.45, 2.75) is 26.2 Å². The van der Waals surface area contributed by atoms with E-state index in [1.54, 1.807) is 0 Å². The molecule has 0 aliphatic carbocycles. The fraction of sp³-hybridized carbons (Fsp3) is 0.750. The lowest BCUT2D eigenvalue weighted by Gasteiger charge is -1.98. The second-order valence-corrected chi connectivity index (χ2v) is 2.18. The molecule has 0 bridgehead atoms. The zero-order chi connectivity index (χ0) is 6.95. The van der Waals surface area contributed by atoms with Gasteiger partial charge < -0.3 is 5.32 Å². The van der Waals surface area contributed by atoms with E-state index in [-0.39, 0.29) is 0 Å². The predicted octanol–water partition coefficient (Wildman–Crippen LogP) is 1.95. The lowest BCUT2D eigenvalue weighted by molar-refractivity contribution is 0.645. The van der Waals surface area contributed by atoms with E-state index < -0.39 is 0 Å². The fourth-order valence-corrected chi connectivity index (χ4v) is 0.631. The van der Waals surface area contributed by atoms with E-state index in [0.717, 1.165) is 19.5 Å². The van der Waals surface area contributed by atoms with Gasteiger partial charge in [0.2, 0.25) is 0 Å². The molecule has 1 heteroatoms. The summed E-state index contributed by atoms with van der Waals surface area (Å²) in [5.74, 6) is 0. The molecule has 0 fully saturated rings. The van der Waals surface area contributed by atoms with E-state index >= 15 is 0 Å². The molecular weight excluding hydrogens is 110 g/mol. The van der Waals surface area contributed by atoms with Gasteiger partial charge in [-0.05, 0) is 25.9 Å². The molecule has 0 amide bonds. The van der Waals surface area contributed by atoms with Crippen molar-refractivity contribution < 1.29 is 0 Å². The van der Waals surface area contributed by atoms with Gasteiger partial charge in [0.1, 0.15) is 0 Å². The average Bonchev–Trinajstić information content (AvgIpc) is 1.89. The van der Waals surface area contributed by atoms with Crippen molar-refractivity contribution in [2.24, 2.45) is 0 Å². The van der Waals surface area contributed by atoms with Crippen molar-refractivity contribution >= 4 is 0 Å². The Kier molecular flexibility index (Phi) is 7.44. The second kappa shape index (κ2) is 7.70. The van der Waals surface area contributed by atoms with Crippen molar-refractivity contribution in [1.82, 2.24) is 5.32 Å². The fourth-order valence-electron chi connectivity index (χ4n) is 0.631. The van der Waals surface area contributed by atoms with Gasteiger partial charge in [0.25, 0.3) is 0 Å². The monoisotopic (exact) mass is 127 g/mol. The minimum Gasteiger partial charge on any atom is -0.316 e. The highest BCUT2D eigenvalue weighted by Gasteiger charge is 1.81. The Morgan fingerprint density at radius 1 is 1.44 bits per heavy atom. The van der Waals surface area contributed by atoms with Crippen LogP contribution in [0.2, 0.25) is 0 Å². The van der Waals surface area contributed by atoms with E-state index in [4.69, 9.17) is 0 Å². The molecule has 54 valence electrons. The zero-order valence-electron chi connectivity index (χ0n) is 6.32. The highest BCUT2D eigenvalue weighted by molar-refractivity contribution is 4.66. The Balaban J connectivity index is 2.66. The van der Waals surface area contributed by atoms with Crippen LogP contribution in [0, 0.1) is 0 Å². The van der Waals surface area contributed by atoms with Crippen LogP contribution in [0.15, 0.2) is 12.7 Å². The summed E-state index contributed by atoms with van der Waals surface area (Å²) in [5, 5.41) is 3.32. The van der Waals surface area contributed by atoms with Crippen LogP contribution in [0.3, 0.4) is 0 Å². The molecule has 0 aromatic heterocycles. The molecule has 0 radical (unpaired) electrons. The summed E-state index contributed by atoms with van der Waals surface area (Å²) in [6.07, 6.45) is 5.60. The molecule has 0 rings (SSSR count). The zero-order valence-corrected chi connectivity index (χ0v) is 6.32. The summed E-state index contributed by atoms with van der Waals surface area (Å²) in [6.45, 7) is 8.09. The van der Waals surface area contributed by atoms with Gasteiger partial charge in [-0.15, -0.1) is 6.58 Å². The van der Waals surface area contributed by atoms with Crippen LogP contribution in [0.25, 0.3) is 0 Å². The average molecular weight is 127 g/mol. The summed E-state index contributed by atoms with van der Waals surface area (Å²) in [4.78, 5) is 0. The van der Waals surface area contributed by atoms with Gasteiger partial charge in [-0.2, -0.15) is 0 Å². The maximum atomic E-state index is 3.64. The first-order chi connectivity index (χ1) is 4.41. The summed E-state index contributed by atoms with van der Waals surface area (Å²) in [6, 6.07) is 0. The number of nitrogens with one attached hydrogen (secondary N) is 1. The maximum Gasteiger partial charge on any atom is -0.00144 e. The molecule has 9 heavy (non-hydrogen) atoms. The van der Waals surface area contributed by atoms with Crippen LogP contribution in [0.5, 0.6) is 0 Å². The summed E-state index contributed by atoms with van der Waals surface area (Å²) < 4.78 is 0. The smallest absolute Gasteiger partial charge is 0.00144 e. The molecule has 0 saturated heterocycles. The molecule has 0 aliphatic heterocycles. The van der Waals surface area contributed by atoms with Crippen molar-refractivity contribution in [3.05, 3.63) is 12.7 Å². The first kappa shape index (κ1) is 8.70. The first-order valence-corrected chi connectivity index (χ1v) is 3.73. The molecule has 1 nitrogen and oxygen atoms in total. The van der Waals surface area contributed by atoms with Gasteiger partial charge >= 0.3 is 0 Å². The highest BCUT2D eigenvalue weighted by Crippen LogP contribution is 1.82. The SMILES string of the molecule is C=CCCNCCCC. The second-order valence-electron chi connectivity index (χ2n) is 2.18. The van der Waals surface area contributed by atoms with Gasteiger partial charge in [0.05, 0.1) is 0 Å². The minimum atomic E-state index is 1.09. The van der Waals surface area contributed by atoms with E-state index in [9.17, 15) is 0 Å². The Labute approximate surface area is 58.2 Å². The normalized spacial score (nSPS) is 9.44. The van der Waals surface area contributed by atoms with Crippen molar-refractivity contribution in [3.8, 4) is 0 Å². The third-order valence-electron chi connectivity index (χ3n) is 1.23. The predicted molar refractivity (Wildman–Crippen MR) is 42.6 cm³/mol. The topological polar surface area (TPSA) is 12.0 Å². The van der Waals surface area contributed by atoms with Crippen molar-refractivity contribution in [2.75, 3.05) is 13.1 Å². The molecule has 0 saturated carbocycles. The molecular formula is C8H17N. The van der Waals surface area contributed by atoms with Crippen LogP contribution in [0.1, 0.15) is 26.2 Å². The molecule has 0 heterocycles. The number of rotatable bonds is 6. The van der Waals surface area contributed by atoms with E-state index in [1.807, 2.05) is 6.08 Å². The maximum absolute atomic E-state index is 3.64. The van der Waals surface area contributed by atoms with E-state index in [2.05, 4.69) is 18.8 Å². The van der Waals surface area contributed by atoms with Crippen molar-refractivity contribution in [3.63, 3.8) is 0 Å². The number of unbranched alkanes of at least 4 members (excludes halogenated alkanes) is 1. The van der Waals surface area contributed by atoms with E-state index in [0.29, 0.717) is 0 Å². The van der Waals surface area contributed by atoms with Crippen LogP contribution in [-0.4, -0.2) is 13.1 Å². The van der Waals surface area contributed by atoms with Gasteiger partial charge in [0.15, 0.2) is 0 Å². The molecule has 1 N–H and O–H groups in total. The van der Waals surface area contributed by atoms with Gasteiger partial charge in [-0.25, -0.2) is 0 Å². The molecule has 0 aromatic carbocycles. The molecule has 0 unspecified atom stereocenters. The number of hydrogen-bond acceptors (Lipinski definition) is 1. The van der Waals surface area contributed by atoms with Crippen LogP contribution < -0.4 is 5.32 Å². The summed E-state index contributed by atoms with van der Waals surface area (Å²) in [5.41, 5.74) is 0. The summed E-state index contributed by atoms with van der Waals surface area (Å²) in [7, 11) is 0. The molecule has 0 spiro atoms. The molecule has 0 atom stereocenters. The lowest BCUT2D eigenvalue weighted by atomic mass is 10.3. The number of hydrogen-bond donors (Lipinski definition) is 1. The molecule has 0 aromatic rings. The lowest BCUT2D eigenvalue weighted by Crippen LogP contribution is -2.15. The summed E-state index contributed by atoms with van der Waals surface area (Å²) >= 11 is 0. The third-order valence-corrected chi connectivity index (χ3v) is 1.23. The quantitative estimate of drug-likeness (QED) is 0.425. The minimum absolute atomic E-state index is 1.09. The Morgan fingerprint density at radius 2 is 2.22 bits per heavy atom. The van der Waals surface area contributed by atoms with Gasteiger partial charge in [-0.3, -0.25) is 0 Å². The van der Waals surface area contributed by atoms with Gasteiger partial charge in [0, 0.05) is 0 Å². The van der Waals surface area contributed by atoms with Crippen LogP contribution in [-0.2, 0) is 0 Å². The van der Waals surface area contributed by atoms with E-state index in [1.165, 1.54) is 12.8 Å².